The topological polar surface area (TPSA) is 0 Å². The van der Waals surface area contributed by atoms with E-state index in [1.165, 1.54) is 23.7 Å². The maximum absolute atomic E-state index is 2.57. The van der Waals surface area contributed by atoms with Crippen molar-refractivity contribution in [3.05, 3.63) is 0 Å². The van der Waals surface area contributed by atoms with Gasteiger partial charge in [0.2, 0.25) is 0 Å². The van der Waals surface area contributed by atoms with Crippen LogP contribution in [0.3, 0.4) is 0 Å². The first-order valence-electron chi connectivity index (χ1n) is 8.79. The zero-order valence-corrected chi connectivity index (χ0v) is 11.9. The summed E-state index contributed by atoms with van der Waals surface area (Å²) in [5.74, 6) is 10.4. The van der Waals surface area contributed by atoms with Crippen molar-refractivity contribution in [1.82, 2.24) is 0 Å². The van der Waals surface area contributed by atoms with E-state index in [0.717, 1.165) is 29.6 Å². The lowest BCUT2D eigenvalue weighted by molar-refractivity contribution is 0.140. The Morgan fingerprint density at radius 2 is 1.28 bits per heavy atom. The highest BCUT2D eigenvalue weighted by atomic mass is 14.7. The monoisotopic (exact) mass is 244 g/mol. The first-order valence-corrected chi connectivity index (χ1v) is 8.79. The average molecular weight is 244 g/mol. The fourth-order valence-corrected chi connectivity index (χ4v) is 7.49. The van der Waals surface area contributed by atoms with Crippen molar-refractivity contribution in [2.45, 2.75) is 58.3 Å². The van der Waals surface area contributed by atoms with Gasteiger partial charge in [0, 0.05) is 0 Å². The normalized spacial score (nSPS) is 64.8. The van der Waals surface area contributed by atoms with E-state index in [1.807, 2.05) is 0 Å². The van der Waals surface area contributed by atoms with Crippen molar-refractivity contribution in [3.8, 4) is 0 Å². The number of rotatable bonds is 0. The third-order valence-electron chi connectivity index (χ3n) is 7.84. The summed E-state index contributed by atoms with van der Waals surface area (Å²) in [5, 5.41) is 0. The molecule has 0 N–H and O–H groups in total. The Morgan fingerprint density at radius 1 is 0.611 bits per heavy atom. The lowest BCUT2D eigenvalue weighted by atomic mass is 9.69. The molecular weight excluding hydrogens is 216 g/mol. The molecule has 0 radical (unpaired) electrons. The van der Waals surface area contributed by atoms with Crippen molar-refractivity contribution < 1.29 is 0 Å². The Bertz CT molecular complexity index is 345. The molecule has 5 fully saturated rings. The van der Waals surface area contributed by atoms with Crippen molar-refractivity contribution >= 4 is 0 Å². The molecule has 0 aromatic carbocycles. The Morgan fingerprint density at radius 3 is 2.11 bits per heavy atom. The molecule has 0 saturated heterocycles. The fourth-order valence-electron chi connectivity index (χ4n) is 7.49. The summed E-state index contributed by atoms with van der Waals surface area (Å²) in [5.41, 5.74) is 0. The SMILES string of the molecule is C[C@@H]1CC2C[C@@H]3C[C@H]4CC2CCC2C4C2[C@H](C1)C3. The second kappa shape index (κ2) is 3.55. The molecule has 5 rings (SSSR count). The molecule has 5 aliphatic carbocycles. The van der Waals surface area contributed by atoms with Crippen LogP contribution in [0.2, 0.25) is 0 Å². The fraction of sp³-hybridized carbons (Fsp3) is 1.00. The largest absolute Gasteiger partial charge is 0.0625 e. The van der Waals surface area contributed by atoms with Crippen molar-refractivity contribution in [3.63, 3.8) is 0 Å². The molecule has 9 atom stereocenters. The molecule has 5 aliphatic rings. The molecule has 0 nitrogen and oxygen atoms in total. The quantitative estimate of drug-likeness (QED) is 0.577. The average Bonchev–Trinajstić information content (AvgIpc) is 3.06. The van der Waals surface area contributed by atoms with E-state index in [-0.39, 0.29) is 0 Å². The zero-order chi connectivity index (χ0) is 11.9. The second-order valence-electron chi connectivity index (χ2n) is 8.82. The molecule has 5 unspecified atom stereocenters. The van der Waals surface area contributed by atoms with Gasteiger partial charge in [-0.25, -0.2) is 0 Å². The summed E-state index contributed by atoms with van der Waals surface area (Å²) in [6.45, 7) is 2.57. The summed E-state index contributed by atoms with van der Waals surface area (Å²) >= 11 is 0. The van der Waals surface area contributed by atoms with Crippen LogP contribution in [0.1, 0.15) is 58.3 Å². The predicted octanol–water partition coefficient (Wildman–Crippen LogP) is 4.74. The lowest BCUT2D eigenvalue weighted by Gasteiger charge is -2.36. The lowest BCUT2D eigenvalue weighted by Crippen LogP contribution is -2.26. The zero-order valence-electron chi connectivity index (χ0n) is 11.9. The van der Waals surface area contributed by atoms with Gasteiger partial charge in [0.25, 0.3) is 0 Å². The van der Waals surface area contributed by atoms with Gasteiger partial charge < -0.3 is 0 Å². The van der Waals surface area contributed by atoms with Crippen LogP contribution >= 0.6 is 0 Å². The van der Waals surface area contributed by atoms with Crippen LogP contribution in [-0.4, -0.2) is 0 Å². The van der Waals surface area contributed by atoms with E-state index in [4.69, 9.17) is 0 Å². The Hall–Kier alpha value is 0. The van der Waals surface area contributed by atoms with Crippen LogP contribution in [0.15, 0.2) is 0 Å². The highest BCUT2D eigenvalue weighted by molar-refractivity contribution is 5.10. The Labute approximate surface area is 112 Å². The van der Waals surface area contributed by atoms with Crippen LogP contribution in [0.25, 0.3) is 0 Å². The van der Waals surface area contributed by atoms with E-state index in [9.17, 15) is 0 Å². The first kappa shape index (κ1) is 10.7. The van der Waals surface area contributed by atoms with E-state index in [1.54, 1.807) is 51.4 Å². The van der Waals surface area contributed by atoms with Crippen LogP contribution < -0.4 is 0 Å². The summed E-state index contributed by atoms with van der Waals surface area (Å²) in [7, 11) is 0. The van der Waals surface area contributed by atoms with Gasteiger partial charge in [-0.15, -0.1) is 0 Å². The molecule has 0 aliphatic heterocycles. The molecule has 18 heavy (non-hydrogen) atoms. The third kappa shape index (κ3) is 1.38. The van der Waals surface area contributed by atoms with Crippen molar-refractivity contribution in [1.29, 1.82) is 0 Å². The van der Waals surface area contributed by atoms with Crippen LogP contribution in [0.4, 0.5) is 0 Å². The molecule has 0 aromatic rings. The van der Waals surface area contributed by atoms with Gasteiger partial charge in [-0.05, 0) is 105 Å². The molecule has 0 amide bonds. The molecule has 0 heteroatoms. The summed E-state index contributed by atoms with van der Waals surface area (Å²) < 4.78 is 0. The number of fused-ring (bicyclic) bond motifs is 6. The van der Waals surface area contributed by atoms with Crippen LogP contribution in [-0.2, 0) is 0 Å². The van der Waals surface area contributed by atoms with Crippen LogP contribution in [0, 0.1) is 53.3 Å². The molecule has 0 heterocycles. The smallest absolute Gasteiger partial charge is 0.0321 e. The molecule has 0 spiro atoms. The van der Waals surface area contributed by atoms with Gasteiger partial charge in [-0.2, -0.15) is 0 Å². The van der Waals surface area contributed by atoms with Gasteiger partial charge in [0.05, 0.1) is 0 Å². The summed E-state index contributed by atoms with van der Waals surface area (Å²) in [6.07, 6.45) is 13.0. The minimum Gasteiger partial charge on any atom is -0.0625 e. The molecule has 0 aromatic heterocycles. The van der Waals surface area contributed by atoms with E-state index in [2.05, 4.69) is 6.92 Å². The molecule has 5 saturated carbocycles. The highest BCUT2D eigenvalue weighted by Gasteiger charge is 2.61. The second-order valence-corrected chi connectivity index (χ2v) is 8.82. The van der Waals surface area contributed by atoms with Gasteiger partial charge in [-0.3, -0.25) is 0 Å². The maximum Gasteiger partial charge on any atom is -0.0321 e. The van der Waals surface area contributed by atoms with Crippen molar-refractivity contribution in [2.24, 2.45) is 53.3 Å². The highest BCUT2D eigenvalue weighted by Crippen LogP contribution is 2.68. The Balaban J connectivity index is 1.61. The van der Waals surface area contributed by atoms with Crippen molar-refractivity contribution in [2.75, 3.05) is 0 Å². The van der Waals surface area contributed by atoms with Crippen LogP contribution in [0.5, 0.6) is 0 Å². The number of hydrogen-bond acceptors (Lipinski definition) is 0. The Kier molecular flexibility index (Phi) is 2.12. The van der Waals surface area contributed by atoms with E-state index in [0.29, 0.717) is 0 Å². The summed E-state index contributed by atoms with van der Waals surface area (Å²) in [6, 6.07) is 0. The van der Waals surface area contributed by atoms with E-state index >= 15 is 0 Å². The van der Waals surface area contributed by atoms with Gasteiger partial charge in [-0.1, -0.05) is 6.92 Å². The third-order valence-corrected chi connectivity index (χ3v) is 7.84. The molecule has 5 bridgehead atoms. The van der Waals surface area contributed by atoms with Gasteiger partial charge in [0.1, 0.15) is 0 Å². The standard InChI is InChI=1S/C18H28/c1-10-4-13-6-11-7-14(5-10)17-16-3-2-12(13)9-15(8-11)18(16)17/h10-18H,2-9H2,1H3/t10-,11+,12?,13?,14-,15+,16?,17?,18?/m1/s1. The molecule has 100 valence electrons. The first-order chi connectivity index (χ1) is 8.79. The molecular formula is C18H28. The number of hydrogen-bond donors (Lipinski definition) is 0. The van der Waals surface area contributed by atoms with E-state index < -0.39 is 0 Å². The van der Waals surface area contributed by atoms with Gasteiger partial charge in [0.15, 0.2) is 0 Å². The minimum absolute atomic E-state index is 1.04. The summed E-state index contributed by atoms with van der Waals surface area (Å²) in [4.78, 5) is 0. The minimum atomic E-state index is 1.04. The van der Waals surface area contributed by atoms with Gasteiger partial charge >= 0.3 is 0 Å². The maximum atomic E-state index is 2.57. The predicted molar refractivity (Wildman–Crippen MR) is 74.0 cm³/mol.